The van der Waals surface area contributed by atoms with Gasteiger partial charge in [-0.25, -0.2) is 0 Å². The molecule has 3 N–H and O–H groups in total. The number of nitrogens with zero attached hydrogens (tertiary/aromatic N) is 1. The molecule has 2 unspecified atom stereocenters. The zero-order valence-electron chi connectivity index (χ0n) is 12.4. The minimum absolute atomic E-state index is 0.0245. The van der Waals surface area contributed by atoms with Gasteiger partial charge in [0.25, 0.3) is 5.69 Å². The molecule has 0 aromatic heterocycles. The first-order valence-corrected chi connectivity index (χ1v) is 6.77. The highest BCUT2D eigenvalue weighted by Gasteiger charge is 2.16. The second-order valence-electron chi connectivity index (χ2n) is 5.16. The lowest BCUT2D eigenvalue weighted by atomic mass is 10.1. The van der Waals surface area contributed by atoms with E-state index in [1.165, 1.54) is 24.3 Å². The standard InChI is InChI=1S/C14H21N3O4/c1-9(2)16-14(19)10(3)15-8-13(18)11-4-6-12(7-5-11)17(20)21/h4-7,9-10,13,15,18H,8H2,1-3H3,(H,16,19). The summed E-state index contributed by atoms with van der Waals surface area (Å²) < 4.78 is 0. The average Bonchev–Trinajstić information content (AvgIpc) is 2.43. The molecule has 0 fully saturated rings. The van der Waals surface area contributed by atoms with Crippen LogP contribution in [0.15, 0.2) is 24.3 Å². The molecule has 0 spiro atoms. The third-order valence-corrected chi connectivity index (χ3v) is 2.93. The van der Waals surface area contributed by atoms with E-state index in [0.717, 1.165) is 0 Å². The molecule has 1 aromatic carbocycles. The molecule has 1 aromatic rings. The first kappa shape index (κ1) is 17.1. The van der Waals surface area contributed by atoms with Crippen molar-refractivity contribution in [2.24, 2.45) is 0 Å². The molecule has 7 nitrogen and oxygen atoms in total. The molecule has 0 aliphatic rings. The van der Waals surface area contributed by atoms with Gasteiger partial charge in [0.05, 0.1) is 17.1 Å². The SMILES string of the molecule is CC(C)NC(=O)C(C)NCC(O)c1ccc([N+](=O)[O-])cc1. The van der Waals surface area contributed by atoms with Crippen molar-refractivity contribution in [3.8, 4) is 0 Å². The molecule has 2 atom stereocenters. The van der Waals surface area contributed by atoms with Gasteiger partial charge in [-0.15, -0.1) is 0 Å². The molecular formula is C14H21N3O4. The number of aliphatic hydroxyl groups is 1. The monoisotopic (exact) mass is 295 g/mol. The van der Waals surface area contributed by atoms with Crippen molar-refractivity contribution < 1.29 is 14.8 Å². The number of hydrogen-bond acceptors (Lipinski definition) is 5. The third kappa shape index (κ3) is 5.49. The van der Waals surface area contributed by atoms with Gasteiger partial charge in [0.1, 0.15) is 0 Å². The predicted molar refractivity (Wildman–Crippen MR) is 78.8 cm³/mol. The molecule has 1 rings (SSSR count). The number of amides is 1. The summed E-state index contributed by atoms with van der Waals surface area (Å²) in [5.41, 5.74) is 0.535. The van der Waals surface area contributed by atoms with E-state index in [1.807, 2.05) is 13.8 Å². The molecule has 116 valence electrons. The van der Waals surface area contributed by atoms with Gasteiger partial charge < -0.3 is 15.7 Å². The highest BCUT2D eigenvalue weighted by Crippen LogP contribution is 2.17. The zero-order valence-corrected chi connectivity index (χ0v) is 12.4. The van der Waals surface area contributed by atoms with E-state index in [-0.39, 0.29) is 24.2 Å². The first-order chi connectivity index (χ1) is 9.81. The molecule has 0 heterocycles. The summed E-state index contributed by atoms with van der Waals surface area (Å²) >= 11 is 0. The summed E-state index contributed by atoms with van der Waals surface area (Å²) in [7, 11) is 0. The van der Waals surface area contributed by atoms with Crippen LogP contribution in [0.1, 0.15) is 32.4 Å². The molecule has 0 saturated carbocycles. The van der Waals surface area contributed by atoms with Gasteiger partial charge in [-0.3, -0.25) is 14.9 Å². The quantitative estimate of drug-likeness (QED) is 0.516. The third-order valence-electron chi connectivity index (χ3n) is 2.93. The lowest BCUT2D eigenvalue weighted by Crippen LogP contribution is -2.45. The molecule has 21 heavy (non-hydrogen) atoms. The van der Waals surface area contributed by atoms with Crippen LogP contribution in [0.3, 0.4) is 0 Å². The molecule has 0 bridgehead atoms. The summed E-state index contributed by atoms with van der Waals surface area (Å²) in [4.78, 5) is 21.7. The van der Waals surface area contributed by atoms with E-state index < -0.39 is 17.1 Å². The predicted octanol–water partition coefficient (Wildman–Crippen LogP) is 1.13. The molecule has 0 radical (unpaired) electrons. The van der Waals surface area contributed by atoms with Gasteiger partial charge in [-0.05, 0) is 38.5 Å². The highest BCUT2D eigenvalue weighted by atomic mass is 16.6. The van der Waals surface area contributed by atoms with Crippen LogP contribution in [0.2, 0.25) is 0 Å². The Morgan fingerprint density at radius 2 is 1.86 bits per heavy atom. The topological polar surface area (TPSA) is 104 Å². The van der Waals surface area contributed by atoms with E-state index in [9.17, 15) is 20.0 Å². The Morgan fingerprint density at radius 3 is 2.33 bits per heavy atom. The Hall–Kier alpha value is -1.99. The van der Waals surface area contributed by atoms with Crippen LogP contribution in [-0.4, -0.2) is 34.6 Å². The molecule has 0 aliphatic heterocycles. The van der Waals surface area contributed by atoms with Crippen molar-refractivity contribution in [3.63, 3.8) is 0 Å². The fraction of sp³-hybridized carbons (Fsp3) is 0.500. The minimum Gasteiger partial charge on any atom is -0.387 e. The lowest BCUT2D eigenvalue weighted by Gasteiger charge is -2.18. The Balaban J connectivity index is 2.51. The Morgan fingerprint density at radius 1 is 1.29 bits per heavy atom. The first-order valence-electron chi connectivity index (χ1n) is 6.77. The van der Waals surface area contributed by atoms with Gasteiger partial charge in [0.2, 0.25) is 5.91 Å². The van der Waals surface area contributed by atoms with E-state index in [0.29, 0.717) is 5.56 Å². The average molecular weight is 295 g/mol. The fourth-order valence-corrected chi connectivity index (χ4v) is 1.73. The van der Waals surface area contributed by atoms with Gasteiger partial charge in [0, 0.05) is 24.7 Å². The van der Waals surface area contributed by atoms with Crippen molar-refractivity contribution >= 4 is 11.6 Å². The molecular weight excluding hydrogens is 274 g/mol. The smallest absolute Gasteiger partial charge is 0.269 e. The molecule has 0 saturated heterocycles. The summed E-state index contributed by atoms with van der Waals surface area (Å²) in [6.45, 7) is 5.64. The van der Waals surface area contributed by atoms with Crippen LogP contribution in [-0.2, 0) is 4.79 Å². The van der Waals surface area contributed by atoms with Crippen LogP contribution in [0.5, 0.6) is 0 Å². The number of carbonyl (C=O) groups is 1. The second kappa shape index (κ2) is 7.70. The number of benzene rings is 1. The van der Waals surface area contributed by atoms with Gasteiger partial charge in [-0.2, -0.15) is 0 Å². The lowest BCUT2D eigenvalue weighted by molar-refractivity contribution is -0.384. The Bertz CT molecular complexity index is 487. The van der Waals surface area contributed by atoms with Crippen LogP contribution >= 0.6 is 0 Å². The molecule has 7 heteroatoms. The number of non-ortho nitro benzene ring substituents is 1. The summed E-state index contributed by atoms with van der Waals surface area (Å²) in [6, 6.07) is 5.31. The maximum absolute atomic E-state index is 11.7. The summed E-state index contributed by atoms with van der Waals surface area (Å²) in [5.74, 6) is -0.138. The largest absolute Gasteiger partial charge is 0.387 e. The van der Waals surface area contributed by atoms with Gasteiger partial charge in [0.15, 0.2) is 0 Å². The van der Waals surface area contributed by atoms with E-state index in [4.69, 9.17) is 0 Å². The van der Waals surface area contributed by atoms with Crippen LogP contribution < -0.4 is 10.6 Å². The summed E-state index contributed by atoms with van der Waals surface area (Å²) in [6.07, 6.45) is -0.833. The van der Waals surface area contributed by atoms with Crippen molar-refractivity contribution in [3.05, 3.63) is 39.9 Å². The number of nitro groups is 1. The van der Waals surface area contributed by atoms with Crippen molar-refractivity contribution in [2.75, 3.05) is 6.54 Å². The van der Waals surface area contributed by atoms with Crippen LogP contribution in [0.4, 0.5) is 5.69 Å². The highest BCUT2D eigenvalue weighted by molar-refractivity contribution is 5.81. The van der Waals surface area contributed by atoms with Gasteiger partial charge in [-0.1, -0.05) is 0 Å². The van der Waals surface area contributed by atoms with Crippen molar-refractivity contribution in [1.29, 1.82) is 0 Å². The molecule has 0 aliphatic carbocycles. The Labute approximate surface area is 123 Å². The number of nitrogens with one attached hydrogen (secondary N) is 2. The second-order valence-corrected chi connectivity index (χ2v) is 5.16. The number of nitro benzene ring substituents is 1. The number of rotatable bonds is 7. The number of carbonyl (C=O) groups excluding carboxylic acids is 1. The Kier molecular flexibility index (Phi) is 6.26. The van der Waals surface area contributed by atoms with Crippen molar-refractivity contribution in [1.82, 2.24) is 10.6 Å². The van der Waals surface area contributed by atoms with Crippen LogP contribution in [0.25, 0.3) is 0 Å². The number of aliphatic hydroxyl groups excluding tert-OH is 1. The van der Waals surface area contributed by atoms with E-state index in [1.54, 1.807) is 6.92 Å². The van der Waals surface area contributed by atoms with Gasteiger partial charge >= 0.3 is 0 Å². The number of hydrogen-bond donors (Lipinski definition) is 3. The van der Waals surface area contributed by atoms with Crippen LogP contribution in [0, 0.1) is 10.1 Å². The minimum atomic E-state index is -0.833. The van der Waals surface area contributed by atoms with E-state index >= 15 is 0 Å². The van der Waals surface area contributed by atoms with E-state index in [2.05, 4.69) is 10.6 Å². The summed E-state index contributed by atoms with van der Waals surface area (Å²) in [5, 5.41) is 26.2. The molecule has 1 amide bonds. The fourth-order valence-electron chi connectivity index (χ4n) is 1.73. The zero-order chi connectivity index (χ0) is 16.0. The maximum atomic E-state index is 11.7. The van der Waals surface area contributed by atoms with Crippen molar-refractivity contribution in [2.45, 2.75) is 39.0 Å². The maximum Gasteiger partial charge on any atom is 0.269 e. The normalized spacial score (nSPS) is 13.8.